The Balaban J connectivity index is 2.03. The van der Waals surface area contributed by atoms with Gasteiger partial charge in [-0.3, -0.25) is 0 Å². The van der Waals surface area contributed by atoms with Crippen molar-refractivity contribution in [1.82, 2.24) is 15.3 Å². The van der Waals surface area contributed by atoms with E-state index in [1.54, 1.807) is 0 Å². The lowest BCUT2D eigenvalue weighted by molar-refractivity contribution is 0.390. The smallest absolute Gasteiger partial charge is 0.225 e. The van der Waals surface area contributed by atoms with Gasteiger partial charge in [0, 0.05) is 24.7 Å². The molecular formula is C15H26N4. The quantitative estimate of drug-likeness (QED) is 0.907. The lowest BCUT2D eigenvalue weighted by Crippen LogP contribution is -2.37. The highest BCUT2D eigenvalue weighted by atomic mass is 15.3. The number of rotatable bonds is 3. The fraction of sp³-hybridized carbons (Fsp3) is 0.733. The highest BCUT2D eigenvalue weighted by molar-refractivity contribution is 5.32. The summed E-state index contributed by atoms with van der Waals surface area (Å²) in [6.07, 6.45) is 4.34. The van der Waals surface area contributed by atoms with Crippen molar-refractivity contribution < 1.29 is 0 Å². The first-order valence-electron chi connectivity index (χ1n) is 7.24. The van der Waals surface area contributed by atoms with Crippen LogP contribution in [-0.4, -0.2) is 36.6 Å². The summed E-state index contributed by atoms with van der Waals surface area (Å²) >= 11 is 0. The van der Waals surface area contributed by atoms with Crippen LogP contribution in [0.1, 0.15) is 39.3 Å². The second kappa shape index (κ2) is 5.87. The summed E-state index contributed by atoms with van der Waals surface area (Å²) in [4.78, 5) is 11.5. The highest BCUT2D eigenvalue weighted by Crippen LogP contribution is 2.24. The number of hydrogen-bond donors (Lipinski definition) is 1. The van der Waals surface area contributed by atoms with E-state index in [1.165, 1.54) is 12.8 Å². The average molecular weight is 262 g/mol. The van der Waals surface area contributed by atoms with Crippen molar-refractivity contribution in [2.45, 2.75) is 39.0 Å². The van der Waals surface area contributed by atoms with Gasteiger partial charge in [-0.2, -0.15) is 0 Å². The molecule has 0 bridgehead atoms. The van der Waals surface area contributed by atoms with Gasteiger partial charge in [-0.25, -0.2) is 9.97 Å². The fourth-order valence-electron chi connectivity index (χ4n) is 2.54. The van der Waals surface area contributed by atoms with Gasteiger partial charge in [0.2, 0.25) is 5.95 Å². The van der Waals surface area contributed by atoms with Gasteiger partial charge >= 0.3 is 0 Å². The summed E-state index contributed by atoms with van der Waals surface area (Å²) in [5.41, 5.74) is 1.21. The molecule has 4 heteroatoms. The Morgan fingerprint density at radius 2 is 2.00 bits per heavy atom. The van der Waals surface area contributed by atoms with Gasteiger partial charge in [0.05, 0.1) is 5.69 Å². The number of hydrogen-bond acceptors (Lipinski definition) is 4. The Morgan fingerprint density at radius 3 is 2.58 bits per heavy atom. The van der Waals surface area contributed by atoms with Crippen LogP contribution in [0.25, 0.3) is 0 Å². The maximum absolute atomic E-state index is 4.74. The SMILES string of the molecule is CNCC1CCN(c2nccc(C(C)(C)C)n2)CC1. The molecule has 0 amide bonds. The Kier molecular flexibility index (Phi) is 4.40. The molecule has 0 aromatic carbocycles. The van der Waals surface area contributed by atoms with E-state index in [1.807, 2.05) is 19.3 Å². The molecule has 1 aromatic heterocycles. The van der Waals surface area contributed by atoms with Crippen molar-refractivity contribution in [3.8, 4) is 0 Å². The molecule has 0 aliphatic carbocycles. The number of nitrogens with zero attached hydrogens (tertiary/aromatic N) is 3. The third-order valence-corrected chi connectivity index (χ3v) is 3.80. The molecule has 2 rings (SSSR count). The van der Waals surface area contributed by atoms with Crippen molar-refractivity contribution in [2.24, 2.45) is 5.92 Å². The Hall–Kier alpha value is -1.16. The van der Waals surface area contributed by atoms with Crippen LogP contribution in [0.15, 0.2) is 12.3 Å². The van der Waals surface area contributed by atoms with Crippen LogP contribution in [-0.2, 0) is 5.41 Å². The molecule has 1 aliphatic heterocycles. The van der Waals surface area contributed by atoms with Crippen LogP contribution in [0.5, 0.6) is 0 Å². The van der Waals surface area contributed by atoms with Crippen LogP contribution < -0.4 is 10.2 Å². The summed E-state index contributed by atoms with van der Waals surface area (Å²) in [7, 11) is 2.03. The van der Waals surface area contributed by atoms with E-state index < -0.39 is 0 Å². The molecule has 0 atom stereocenters. The van der Waals surface area contributed by atoms with Crippen LogP contribution in [0.3, 0.4) is 0 Å². The first-order chi connectivity index (χ1) is 9.00. The third kappa shape index (κ3) is 3.66. The van der Waals surface area contributed by atoms with E-state index in [0.29, 0.717) is 0 Å². The van der Waals surface area contributed by atoms with Gasteiger partial charge in [-0.1, -0.05) is 20.8 Å². The van der Waals surface area contributed by atoms with Gasteiger partial charge in [0.25, 0.3) is 0 Å². The molecule has 4 nitrogen and oxygen atoms in total. The third-order valence-electron chi connectivity index (χ3n) is 3.80. The minimum Gasteiger partial charge on any atom is -0.341 e. The van der Waals surface area contributed by atoms with Crippen LogP contribution in [0, 0.1) is 5.92 Å². The molecule has 1 saturated heterocycles. The summed E-state index contributed by atoms with van der Waals surface area (Å²) < 4.78 is 0. The van der Waals surface area contributed by atoms with Crippen LogP contribution in [0.2, 0.25) is 0 Å². The second-order valence-electron chi connectivity index (χ2n) is 6.48. The maximum atomic E-state index is 4.74. The predicted octanol–water partition coefficient (Wildman–Crippen LogP) is 2.21. The molecule has 2 heterocycles. The van der Waals surface area contributed by atoms with E-state index in [4.69, 9.17) is 4.98 Å². The molecule has 0 radical (unpaired) electrons. The highest BCUT2D eigenvalue weighted by Gasteiger charge is 2.22. The molecule has 1 N–H and O–H groups in total. The summed E-state index contributed by atoms with van der Waals surface area (Å²) in [5.74, 6) is 1.70. The predicted molar refractivity (Wildman–Crippen MR) is 79.6 cm³/mol. The molecule has 1 aliphatic rings. The first-order valence-corrected chi connectivity index (χ1v) is 7.24. The Bertz CT molecular complexity index is 403. The zero-order chi connectivity index (χ0) is 13.9. The number of aromatic nitrogens is 2. The van der Waals surface area contributed by atoms with Crippen LogP contribution >= 0.6 is 0 Å². The van der Waals surface area contributed by atoms with E-state index in [2.05, 4.69) is 36.0 Å². The van der Waals surface area contributed by atoms with E-state index in [0.717, 1.165) is 37.2 Å². The number of anilines is 1. The Labute approximate surface area is 116 Å². The molecule has 106 valence electrons. The minimum absolute atomic E-state index is 0.0855. The minimum atomic E-state index is 0.0855. The van der Waals surface area contributed by atoms with E-state index in [9.17, 15) is 0 Å². The van der Waals surface area contributed by atoms with Crippen molar-refractivity contribution in [3.63, 3.8) is 0 Å². The number of nitrogens with one attached hydrogen (secondary N) is 1. The molecule has 19 heavy (non-hydrogen) atoms. The number of piperidine rings is 1. The second-order valence-corrected chi connectivity index (χ2v) is 6.48. The molecule has 0 spiro atoms. The lowest BCUT2D eigenvalue weighted by Gasteiger charge is -2.32. The molecule has 1 aromatic rings. The summed E-state index contributed by atoms with van der Waals surface area (Å²) in [6, 6.07) is 2.03. The fourth-order valence-corrected chi connectivity index (χ4v) is 2.54. The van der Waals surface area contributed by atoms with E-state index >= 15 is 0 Å². The molecule has 1 fully saturated rings. The summed E-state index contributed by atoms with van der Waals surface area (Å²) in [6.45, 7) is 9.84. The monoisotopic (exact) mass is 262 g/mol. The zero-order valence-corrected chi connectivity index (χ0v) is 12.6. The zero-order valence-electron chi connectivity index (χ0n) is 12.6. The average Bonchev–Trinajstić information content (AvgIpc) is 2.39. The van der Waals surface area contributed by atoms with Crippen molar-refractivity contribution in [2.75, 3.05) is 31.6 Å². The molecule has 0 unspecified atom stereocenters. The standard InChI is InChI=1S/C15H26N4/c1-15(2,3)13-5-8-17-14(18-13)19-9-6-12(7-10-19)11-16-4/h5,8,12,16H,6-7,9-11H2,1-4H3. The first kappa shape index (κ1) is 14.3. The van der Waals surface area contributed by atoms with Gasteiger partial charge < -0.3 is 10.2 Å². The van der Waals surface area contributed by atoms with Gasteiger partial charge in [-0.05, 0) is 38.4 Å². The Morgan fingerprint density at radius 1 is 1.32 bits per heavy atom. The van der Waals surface area contributed by atoms with Gasteiger partial charge in [-0.15, -0.1) is 0 Å². The van der Waals surface area contributed by atoms with Gasteiger partial charge in [0.1, 0.15) is 0 Å². The maximum Gasteiger partial charge on any atom is 0.225 e. The van der Waals surface area contributed by atoms with E-state index in [-0.39, 0.29) is 5.41 Å². The summed E-state index contributed by atoms with van der Waals surface area (Å²) in [5, 5.41) is 3.27. The van der Waals surface area contributed by atoms with Gasteiger partial charge in [0.15, 0.2) is 0 Å². The van der Waals surface area contributed by atoms with Crippen molar-refractivity contribution in [3.05, 3.63) is 18.0 Å². The van der Waals surface area contributed by atoms with Crippen LogP contribution in [0.4, 0.5) is 5.95 Å². The molecular weight excluding hydrogens is 236 g/mol. The van der Waals surface area contributed by atoms with Crippen molar-refractivity contribution in [1.29, 1.82) is 0 Å². The van der Waals surface area contributed by atoms with Crippen molar-refractivity contribution >= 4 is 5.95 Å². The normalized spacial score (nSPS) is 17.8. The lowest BCUT2D eigenvalue weighted by atomic mass is 9.92. The molecule has 0 saturated carbocycles. The topological polar surface area (TPSA) is 41.0 Å². The largest absolute Gasteiger partial charge is 0.341 e.